The molecule has 0 bridgehead atoms. The highest BCUT2D eigenvalue weighted by atomic mass is 16.2. The summed E-state index contributed by atoms with van der Waals surface area (Å²) in [5, 5.41) is 6.56. The Labute approximate surface area is 93.6 Å². The van der Waals surface area contributed by atoms with E-state index < -0.39 is 0 Å². The maximum atomic E-state index is 11.7. The highest BCUT2D eigenvalue weighted by molar-refractivity contribution is 6.43. The summed E-state index contributed by atoms with van der Waals surface area (Å²) in [6.07, 6.45) is 3.77. The molecule has 1 saturated carbocycles. The first-order chi connectivity index (χ1) is 7.65. The molecule has 1 aliphatic heterocycles. The van der Waals surface area contributed by atoms with Gasteiger partial charge in [-0.25, -0.2) is 5.43 Å². The van der Waals surface area contributed by atoms with Crippen molar-refractivity contribution in [1.82, 2.24) is 10.7 Å². The third-order valence-electron chi connectivity index (χ3n) is 3.01. The van der Waals surface area contributed by atoms with Crippen LogP contribution in [0.1, 0.15) is 32.1 Å². The fourth-order valence-corrected chi connectivity index (χ4v) is 2.02. The molecule has 6 heteroatoms. The molecule has 4 N–H and O–H groups in total. The van der Waals surface area contributed by atoms with Crippen LogP contribution in [-0.2, 0) is 9.59 Å². The summed E-state index contributed by atoms with van der Waals surface area (Å²) in [6.45, 7) is 0. The third kappa shape index (κ3) is 2.57. The largest absolute Gasteiger partial charge is 0.348 e. The number of hydrogen-bond donors (Lipinski definition) is 3. The van der Waals surface area contributed by atoms with Crippen LogP contribution in [0.15, 0.2) is 5.10 Å². The van der Waals surface area contributed by atoms with Crippen molar-refractivity contribution in [2.75, 3.05) is 0 Å². The van der Waals surface area contributed by atoms with Gasteiger partial charge in [0.1, 0.15) is 5.71 Å². The average molecular weight is 224 g/mol. The van der Waals surface area contributed by atoms with E-state index in [4.69, 9.17) is 5.73 Å². The van der Waals surface area contributed by atoms with Crippen LogP contribution in [0.25, 0.3) is 0 Å². The number of hydrogen-bond acceptors (Lipinski definition) is 4. The van der Waals surface area contributed by atoms with E-state index in [2.05, 4.69) is 15.8 Å². The summed E-state index contributed by atoms with van der Waals surface area (Å²) in [4.78, 5) is 22.5. The highest BCUT2D eigenvalue weighted by Gasteiger charge is 2.25. The molecule has 0 unspecified atom stereocenters. The lowest BCUT2D eigenvalue weighted by atomic mass is 9.92. The van der Waals surface area contributed by atoms with Gasteiger partial charge < -0.3 is 11.1 Å². The Hall–Kier alpha value is -1.43. The van der Waals surface area contributed by atoms with Crippen LogP contribution >= 0.6 is 0 Å². The Morgan fingerprint density at radius 1 is 1.38 bits per heavy atom. The van der Waals surface area contributed by atoms with Crippen LogP contribution in [-0.4, -0.2) is 29.6 Å². The third-order valence-corrected chi connectivity index (χ3v) is 3.01. The second-order valence-electron chi connectivity index (χ2n) is 4.36. The molecule has 1 aliphatic carbocycles. The van der Waals surface area contributed by atoms with Crippen LogP contribution in [0.4, 0.5) is 0 Å². The zero-order valence-corrected chi connectivity index (χ0v) is 9.03. The van der Waals surface area contributed by atoms with Gasteiger partial charge in [0, 0.05) is 12.1 Å². The lowest BCUT2D eigenvalue weighted by molar-refractivity contribution is -0.120. The smallest absolute Gasteiger partial charge is 0.268 e. The minimum absolute atomic E-state index is 0.0814. The SMILES string of the molecule is NC1CCC(NC(=O)C2=NNC(=O)C2)CC1. The number of rotatable bonds is 2. The first-order valence-corrected chi connectivity index (χ1v) is 5.57. The first kappa shape index (κ1) is 11.1. The van der Waals surface area contributed by atoms with Crippen molar-refractivity contribution in [2.45, 2.75) is 44.2 Å². The summed E-state index contributed by atoms with van der Waals surface area (Å²) in [5.41, 5.74) is 8.32. The number of nitrogens with two attached hydrogens (primary N) is 1. The summed E-state index contributed by atoms with van der Waals surface area (Å²) in [6, 6.07) is 0.436. The summed E-state index contributed by atoms with van der Waals surface area (Å²) in [5.74, 6) is -0.463. The highest BCUT2D eigenvalue weighted by Crippen LogP contribution is 2.16. The second-order valence-corrected chi connectivity index (χ2v) is 4.36. The predicted octanol–water partition coefficient (Wildman–Crippen LogP) is -0.752. The van der Waals surface area contributed by atoms with Crippen molar-refractivity contribution in [2.24, 2.45) is 10.8 Å². The van der Waals surface area contributed by atoms with Gasteiger partial charge in [0.25, 0.3) is 5.91 Å². The monoisotopic (exact) mass is 224 g/mol. The molecule has 16 heavy (non-hydrogen) atoms. The summed E-state index contributed by atoms with van der Waals surface area (Å²) in [7, 11) is 0. The van der Waals surface area contributed by atoms with Crippen LogP contribution in [0.2, 0.25) is 0 Å². The van der Waals surface area contributed by atoms with Gasteiger partial charge >= 0.3 is 0 Å². The normalized spacial score (nSPS) is 29.6. The number of amides is 2. The molecule has 2 rings (SSSR count). The van der Waals surface area contributed by atoms with Crippen molar-refractivity contribution in [3.05, 3.63) is 0 Å². The van der Waals surface area contributed by atoms with Crippen molar-refractivity contribution < 1.29 is 9.59 Å². The second kappa shape index (κ2) is 4.61. The van der Waals surface area contributed by atoms with Crippen LogP contribution in [0.3, 0.4) is 0 Å². The molecule has 0 aromatic rings. The fraction of sp³-hybridized carbons (Fsp3) is 0.700. The quantitative estimate of drug-likeness (QED) is 0.575. The molecule has 0 radical (unpaired) electrons. The molecule has 1 fully saturated rings. The number of nitrogens with one attached hydrogen (secondary N) is 2. The van der Waals surface area contributed by atoms with Gasteiger partial charge in [-0.3, -0.25) is 9.59 Å². The number of carbonyl (C=O) groups is 2. The first-order valence-electron chi connectivity index (χ1n) is 5.57. The zero-order chi connectivity index (χ0) is 11.5. The van der Waals surface area contributed by atoms with Crippen molar-refractivity contribution in [1.29, 1.82) is 0 Å². The van der Waals surface area contributed by atoms with Gasteiger partial charge in [-0.2, -0.15) is 5.10 Å². The van der Waals surface area contributed by atoms with E-state index in [1.807, 2.05) is 0 Å². The average Bonchev–Trinajstić information content (AvgIpc) is 2.68. The van der Waals surface area contributed by atoms with E-state index in [9.17, 15) is 9.59 Å². The molecule has 2 aliphatic rings. The zero-order valence-electron chi connectivity index (χ0n) is 9.03. The van der Waals surface area contributed by atoms with Crippen molar-refractivity contribution in [3.63, 3.8) is 0 Å². The topological polar surface area (TPSA) is 96.6 Å². The fourth-order valence-electron chi connectivity index (χ4n) is 2.02. The van der Waals surface area contributed by atoms with E-state index in [1.165, 1.54) is 0 Å². The maximum absolute atomic E-state index is 11.7. The van der Waals surface area contributed by atoms with Crippen molar-refractivity contribution >= 4 is 17.5 Å². The predicted molar refractivity (Wildman–Crippen MR) is 58.6 cm³/mol. The minimum atomic E-state index is -0.237. The Bertz CT molecular complexity index is 332. The van der Waals surface area contributed by atoms with Gasteiger partial charge in [-0.15, -0.1) is 0 Å². The van der Waals surface area contributed by atoms with Gasteiger partial charge in [0.15, 0.2) is 0 Å². The minimum Gasteiger partial charge on any atom is -0.348 e. The van der Waals surface area contributed by atoms with E-state index in [0.29, 0.717) is 0 Å². The van der Waals surface area contributed by atoms with E-state index in [1.54, 1.807) is 0 Å². The lowest BCUT2D eigenvalue weighted by Crippen LogP contribution is -2.43. The molecule has 2 amide bonds. The molecule has 6 nitrogen and oxygen atoms in total. The number of carbonyl (C=O) groups excluding carboxylic acids is 2. The van der Waals surface area contributed by atoms with Crippen LogP contribution in [0, 0.1) is 0 Å². The van der Waals surface area contributed by atoms with Gasteiger partial charge in [0.05, 0.1) is 6.42 Å². The molecule has 1 heterocycles. The van der Waals surface area contributed by atoms with E-state index >= 15 is 0 Å². The molecule has 0 aromatic carbocycles. The van der Waals surface area contributed by atoms with Gasteiger partial charge in [-0.1, -0.05) is 0 Å². The Morgan fingerprint density at radius 2 is 2.06 bits per heavy atom. The Morgan fingerprint density at radius 3 is 2.62 bits per heavy atom. The molecule has 88 valence electrons. The molecular weight excluding hydrogens is 208 g/mol. The summed E-state index contributed by atoms with van der Waals surface area (Å²) < 4.78 is 0. The lowest BCUT2D eigenvalue weighted by Gasteiger charge is -2.26. The summed E-state index contributed by atoms with van der Waals surface area (Å²) >= 11 is 0. The van der Waals surface area contributed by atoms with Crippen molar-refractivity contribution in [3.8, 4) is 0 Å². The number of nitrogens with zero attached hydrogens (tertiary/aromatic N) is 1. The Balaban J connectivity index is 1.81. The Kier molecular flexibility index (Phi) is 3.19. The molecule has 0 saturated heterocycles. The molecule has 0 atom stereocenters. The van der Waals surface area contributed by atoms with Crippen LogP contribution < -0.4 is 16.5 Å². The molecular formula is C10H16N4O2. The van der Waals surface area contributed by atoms with E-state index in [0.717, 1.165) is 25.7 Å². The van der Waals surface area contributed by atoms with Crippen LogP contribution in [0.5, 0.6) is 0 Å². The molecule has 0 aromatic heterocycles. The van der Waals surface area contributed by atoms with Gasteiger partial charge in [-0.05, 0) is 25.7 Å². The van der Waals surface area contributed by atoms with E-state index in [-0.39, 0.29) is 36.0 Å². The molecule has 0 spiro atoms. The number of hydrazone groups is 1. The maximum Gasteiger partial charge on any atom is 0.268 e. The van der Waals surface area contributed by atoms with Gasteiger partial charge in [0.2, 0.25) is 5.91 Å². The standard InChI is InChI=1S/C10H16N4O2/c11-6-1-3-7(4-2-6)12-10(16)8-5-9(15)14-13-8/h6-7H,1-5,11H2,(H,12,16)(H,14,15).